The van der Waals surface area contributed by atoms with Gasteiger partial charge in [0.2, 0.25) is 0 Å². The molecule has 1 heterocycles. The second kappa shape index (κ2) is 6.85. The molecule has 0 radical (unpaired) electrons. The van der Waals surface area contributed by atoms with E-state index in [9.17, 15) is 13.6 Å². The third-order valence-electron chi connectivity index (χ3n) is 3.86. The van der Waals surface area contributed by atoms with Crippen LogP contribution in [-0.2, 0) is 0 Å². The fourth-order valence-electron chi connectivity index (χ4n) is 2.63. The Morgan fingerprint density at radius 1 is 1.33 bits per heavy atom. The average molecular weight is 298 g/mol. The number of alkyl halides is 2. The maximum absolute atomic E-state index is 12.2. The summed E-state index contributed by atoms with van der Waals surface area (Å²) in [6.45, 7) is 2.25. The summed E-state index contributed by atoms with van der Waals surface area (Å²) in [6.07, 6.45) is 1.01. The van der Waals surface area contributed by atoms with Crippen molar-refractivity contribution in [3.8, 4) is 5.75 Å². The second-order valence-electron chi connectivity index (χ2n) is 5.41. The van der Waals surface area contributed by atoms with Crippen molar-refractivity contribution in [2.24, 2.45) is 5.92 Å². The molecule has 0 aliphatic carbocycles. The number of nitrogens with one attached hydrogen (secondary N) is 2. The van der Waals surface area contributed by atoms with E-state index in [4.69, 9.17) is 0 Å². The second-order valence-corrected chi connectivity index (χ2v) is 5.41. The van der Waals surface area contributed by atoms with Crippen LogP contribution in [0.3, 0.4) is 0 Å². The smallest absolute Gasteiger partial charge is 0.387 e. The molecular formula is C15H20F2N2O2. The van der Waals surface area contributed by atoms with Crippen LogP contribution >= 0.6 is 0 Å². The highest BCUT2D eigenvalue weighted by Gasteiger charge is 2.28. The number of carbonyl (C=O) groups excluding carboxylic acids is 1. The number of rotatable bonds is 4. The van der Waals surface area contributed by atoms with Gasteiger partial charge >= 0.3 is 6.61 Å². The lowest BCUT2D eigenvalue weighted by Gasteiger charge is -2.36. The zero-order chi connectivity index (χ0) is 15.4. The van der Waals surface area contributed by atoms with E-state index in [-0.39, 0.29) is 23.7 Å². The highest BCUT2D eigenvalue weighted by molar-refractivity contribution is 5.94. The van der Waals surface area contributed by atoms with Crippen molar-refractivity contribution in [2.75, 3.05) is 6.54 Å². The predicted octanol–water partition coefficient (Wildman–Crippen LogP) is 2.40. The monoisotopic (exact) mass is 298 g/mol. The minimum absolute atomic E-state index is 0.0441. The number of halogens is 2. The van der Waals surface area contributed by atoms with Crippen molar-refractivity contribution in [3.05, 3.63) is 29.8 Å². The Bertz CT molecular complexity index is 469. The largest absolute Gasteiger partial charge is 0.435 e. The summed E-state index contributed by atoms with van der Waals surface area (Å²) < 4.78 is 28.4. The molecule has 1 aromatic carbocycles. The third-order valence-corrected chi connectivity index (χ3v) is 3.86. The Hall–Kier alpha value is -1.69. The Balaban J connectivity index is 1.99. The lowest BCUT2D eigenvalue weighted by molar-refractivity contribution is -0.0498. The van der Waals surface area contributed by atoms with Crippen LogP contribution in [-0.4, -0.2) is 31.1 Å². The molecule has 1 amide bonds. The molecule has 4 nitrogen and oxygen atoms in total. The summed E-state index contributed by atoms with van der Waals surface area (Å²) in [6, 6.07) is 5.97. The van der Waals surface area contributed by atoms with Crippen molar-refractivity contribution in [2.45, 2.75) is 39.0 Å². The topological polar surface area (TPSA) is 50.4 Å². The third kappa shape index (κ3) is 4.14. The summed E-state index contributed by atoms with van der Waals surface area (Å²) in [4.78, 5) is 12.2. The minimum Gasteiger partial charge on any atom is -0.435 e. The fourth-order valence-corrected chi connectivity index (χ4v) is 2.63. The van der Waals surface area contributed by atoms with E-state index >= 15 is 0 Å². The number of piperidine rings is 1. The van der Waals surface area contributed by atoms with Gasteiger partial charge in [-0.3, -0.25) is 4.79 Å². The predicted molar refractivity (Wildman–Crippen MR) is 75.6 cm³/mol. The molecule has 1 saturated heterocycles. The van der Waals surface area contributed by atoms with E-state index in [2.05, 4.69) is 22.3 Å². The molecule has 2 rings (SSSR count). The molecule has 1 aromatic rings. The molecular weight excluding hydrogens is 278 g/mol. The van der Waals surface area contributed by atoms with Gasteiger partial charge in [0, 0.05) is 17.6 Å². The molecule has 0 saturated carbocycles. The molecule has 1 aliphatic heterocycles. The zero-order valence-electron chi connectivity index (χ0n) is 12.1. The normalized spacial score (nSPS) is 25.7. The van der Waals surface area contributed by atoms with Crippen LogP contribution in [0, 0.1) is 5.92 Å². The van der Waals surface area contributed by atoms with E-state index in [1.165, 1.54) is 24.3 Å². The molecule has 3 atom stereocenters. The van der Waals surface area contributed by atoms with Crippen LogP contribution < -0.4 is 15.4 Å². The van der Waals surface area contributed by atoms with Gasteiger partial charge in [-0.05, 0) is 50.1 Å². The lowest BCUT2D eigenvalue weighted by Crippen LogP contribution is -2.55. The standard InChI is InChI=1S/C15H20F2N2O2/c1-9-7-8-18-10(2)13(9)19-14(20)11-3-5-12(6-4-11)21-15(16)17/h3-6,9-10,13,15,18H,7-8H2,1-2H3,(H,19,20). The van der Waals surface area contributed by atoms with Gasteiger partial charge in [-0.15, -0.1) is 0 Å². The van der Waals surface area contributed by atoms with Crippen molar-refractivity contribution < 1.29 is 18.3 Å². The van der Waals surface area contributed by atoms with Gasteiger partial charge in [-0.2, -0.15) is 8.78 Å². The van der Waals surface area contributed by atoms with Crippen LogP contribution in [0.2, 0.25) is 0 Å². The SMILES string of the molecule is CC1CCNC(C)C1NC(=O)c1ccc(OC(F)F)cc1. The zero-order valence-corrected chi connectivity index (χ0v) is 12.1. The van der Waals surface area contributed by atoms with E-state index in [1.807, 2.05) is 6.92 Å². The van der Waals surface area contributed by atoms with E-state index in [0.29, 0.717) is 11.5 Å². The number of benzene rings is 1. The molecule has 3 unspecified atom stereocenters. The molecule has 2 N–H and O–H groups in total. The van der Waals surface area contributed by atoms with Gasteiger partial charge in [-0.1, -0.05) is 6.92 Å². The first-order valence-electron chi connectivity index (χ1n) is 7.06. The number of carbonyl (C=O) groups is 1. The Kier molecular flexibility index (Phi) is 5.12. The van der Waals surface area contributed by atoms with Crippen molar-refractivity contribution in [3.63, 3.8) is 0 Å². The first kappa shape index (κ1) is 15.7. The van der Waals surface area contributed by atoms with E-state index in [0.717, 1.165) is 13.0 Å². The molecule has 0 bridgehead atoms. The summed E-state index contributed by atoms with van der Waals surface area (Å²) in [5.74, 6) is 0.236. The molecule has 0 aromatic heterocycles. The van der Waals surface area contributed by atoms with Gasteiger partial charge in [0.1, 0.15) is 5.75 Å². The summed E-state index contributed by atoms with van der Waals surface area (Å²) in [5.41, 5.74) is 0.432. The fraction of sp³-hybridized carbons (Fsp3) is 0.533. The molecule has 0 spiro atoms. The molecule has 1 fully saturated rings. The van der Waals surface area contributed by atoms with Crippen LogP contribution in [0.25, 0.3) is 0 Å². The van der Waals surface area contributed by atoms with Gasteiger partial charge < -0.3 is 15.4 Å². The Morgan fingerprint density at radius 2 is 2.00 bits per heavy atom. The summed E-state index contributed by atoms with van der Waals surface area (Å²) >= 11 is 0. The van der Waals surface area contributed by atoms with Crippen molar-refractivity contribution in [1.82, 2.24) is 10.6 Å². The van der Waals surface area contributed by atoms with Crippen LogP contribution in [0.15, 0.2) is 24.3 Å². The summed E-state index contributed by atoms with van der Waals surface area (Å²) in [7, 11) is 0. The lowest BCUT2D eigenvalue weighted by atomic mass is 9.89. The molecule has 6 heteroatoms. The number of hydrogen-bond donors (Lipinski definition) is 2. The maximum atomic E-state index is 12.2. The molecule has 116 valence electrons. The number of hydrogen-bond acceptors (Lipinski definition) is 3. The number of ether oxygens (including phenoxy) is 1. The first-order valence-corrected chi connectivity index (χ1v) is 7.06. The Morgan fingerprint density at radius 3 is 2.57 bits per heavy atom. The van der Waals surface area contributed by atoms with Crippen molar-refractivity contribution in [1.29, 1.82) is 0 Å². The minimum atomic E-state index is -2.86. The average Bonchev–Trinajstić information content (AvgIpc) is 2.43. The van der Waals surface area contributed by atoms with E-state index < -0.39 is 6.61 Å². The molecule has 21 heavy (non-hydrogen) atoms. The van der Waals surface area contributed by atoms with Gasteiger partial charge in [0.05, 0.1) is 0 Å². The highest BCUT2D eigenvalue weighted by atomic mass is 19.3. The maximum Gasteiger partial charge on any atom is 0.387 e. The highest BCUT2D eigenvalue weighted by Crippen LogP contribution is 2.18. The van der Waals surface area contributed by atoms with E-state index in [1.54, 1.807) is 0 Å². The van der Waals surface area contributed by atoms with Crippen LogP contribution in [0.4, 0.5) is 8.78 Å². The van der Waals surface area contributed by atoms with Gasteiger partial charge in [0.15, 0.2) is 0 Å². The van der Waals surface area contributed by atoms with Crippen LogP contribution in [0.5, 0.6) is 5.75 Å². The summed E-state index contributed by atoms with van der Waals surface area (Å²) in [5, 5.41) is 6.34. The van der Waals surface area contributed by atoms with Gasteiger partial charge in [-0.25, -0.2) is 0 Å². The van der Waals surface area contributed by atoms with Gasteiger partial charge in [0.25, 0.3) is 5.91 Å². The number of amides is 1. The van der Waals surface area contributed by atoms with Crippen LogP contribution in [0.1, 0.15) is 30.6 Å². The quantitative estimate of drug-likeness (QED) is 0.897. The molecule has 1 aliphatic rings. The first-order chi connectivity index (χ1) is 9.97. The van der Waals surface area contributed by atoms with Crippen molar-refractivity contribution >= 4 is 5.91 Å². The Labute approximate surface area is 122 Å².